The van der Waals surface area contributed by atoms with Gasteiger partial charge in [-0.15, -0.1) is 39.8 Å². The van der Waals surface area contributed by atoms with Crippen molar-refractivity contribution in [2.45, 2.75) is 55.1 Å². The van der Waals surface area contributed by atoms with E-state index in [9.17, 15) is 24.0 Å². The number of rotatable bonds is 13. The minimum absolute atomic E-state index is 0.0707. The molecule has 0 bridgehead atoms. The van der Waals surface area contributed by atoms with Gasteiger partial charge in [-0.25, -0.2) is 19.3 Å². The SMILES string of the molecule is Cn1nnnc1SCC1=C(C(=O)OC(c2ccccc2)c2ccccc2)N2C(=O)[C@@H](NC(=O)C(NC(=O)OC(C)(C)C)c3csc(NC(=O)CCl)n3)[C@H]2SC1. The lowest BCUT2D eigenvalue weighted by Gasteiger charge is -2.50. The van der Waals surface area contributed by atoms with Gasteiger partial charge in [0, 0.05) is 23.9 Å². The van der Waals surface area contributed by atoms with Crippen molar-refractivity contribution < 1.29 is 33.4 Å². The molecule has 2 aliphatic rings. The van der Waals surface area contributed by atoms with Crippen LogP contribution in [0.1, 0.15) is 49.7 Å². The number of esters is 1. The van der Waals surface area contributed by atoms with Crippen LogP contribution in [0.4, 0.5) is 9.93 Å². The maximum atomic E-state index is 14.4. The van der Waals surface area contributed by atoms with Crippen molar-refractivity contribution in [1.82, 2.24) is 40.7 Å². The Kier molecular flexibility index (Phi) is 12.4. The lowest BCUT2D eigenvalue weighted by Crippen LogP contribution is -2.71. The Balaban J connectivity index is 1.27. The van der Waals surface area contributed by atoms with Gasteiger partial charge in [-0.3, -0.25) is 19.3 Å². The number of aromatic nitrogens is 5. The van der Waals surface area contributed by atoms with Crippen molar-refractivity contribution >= 4 is 81.4 Å². The van der Waals surface area contributed by atoms with Crippen molar-refractivity contribution in [3.05, 3.63) is 94.1 Å². The molecule has 16 nitrogen and oxygen atoms in total. The topological polar surface area (TPSA) is 200 Å². The van der Waals surface area contributed by atoms with E-state index in [2.05, 4.69) is 36.5 Å². The monoisotopic (exact) mass is 825 g/mol. The number of thiazole rings is 1. The summed E-state index contributed by atoms with van der Waals surface area (Å²) in [6, 6.07) is 16.1. The van der Waals surface area contributed by atoms with E-state index in [0.717, 1.165) is 22.5 Å². The zero-order valence-electron chi connectivity index (χ0n) is 29.9. The number of anilines is 1. The van der Waals surface area contributed by atoms with Gasteiger partial charge in [0.25, 0.3) is 5.91 Å². The largest absolute Gasteiger partial charge is 0.448 e. The lowest BCUT2D eigenvalue weighted by molar-refractivity contribution is -0.154. The molecule has 288 valence electrons. The first-order valence-electron chi connectivity index (χ1n) is 16.8. The number of halogens is 1. The molecule has 6 rings (SSSR count). The van der Waals surface area contributed by atoms with Crippen LogP contribution < -0.4 is 16.0 Å². The summed E-state index contributed by atoms with van der Waals surface area (Å²) in [4.78, 5) is 72.7. The predicted octanol–water partition coefficient (Wildman–Crippen LogP) is 4.19. The van der Waals surface area contributed by atoms with Crippen molar-refractivity contribution in [3.8, 4) is 0 Å². The number of fused-ring (bicyclic) bond motifs is 1. The Hall–Kier alpha value is -4.98. The summed E-state index contributed by atoms with van der Waals surface area (Å²) in [6.45, 7) is 5.00. The summed E-state index contributed by atoms with van der Waals surface area (Å²) in [5, 5.41) is 20.8. The highest BCUT2D eigenvalue weighted by Crippen LogP contribution is 2.43. The molecule has 4 heterocycles. The number of carbonyl (C=O) groups excluding carboxylic acids is 5. The Labute approximate surface area is 333 Å². The minimum atomic E-state index is -1.41. The van der Waals surface area contributed by atoms with Gasteiger partial charge in [0.2, 0.25) is 17.0 Å². The summed E-state index contributed by atoms with van der Waals surface area (Å²) in [7, 11) is 1.70. The standard InChI is InChI=1S/C35H36ClN9O7S3/c1-35(2,3)52-34(50)40-24(22-18-54-32(37-22)38-23(46)15-36)28(47)39-25-29(48)45-26(21(16-53-30(25)45)17-55-33-41-42-43-44(33)4)31(49)51-27(19-11-7-5-8-12-19)20-13-9-6-10-14-20/h5-14,18,24-25,27,30H,15-17H2,1-4H3,(H,39,47)(H,40,50)(H,37,38,46)/t24?,25-,30-/m1/s1. The smallest absolute Gasteiger partial charge is 0.408 e. The van der Waals surface area contributed by atoms with Gasteiger partial charge in [0.05, 0.1) is 5.69 Å². The number of aryl methyl sites for hydroxylation is 1. The second kappa shape index (κ2) is 17.2. The summed E-state index contributed by atoms with van der Waals surface area (Å²) in [6.07, 6.45) is -1.68. The van der Waals surface area contributed by atoms with Gasteiger partial charge in [0.15, 0.2) is 17.3 Å². The Morgan fingerprint density at radius 2 is 1.73 bits per heavy atom. The molecule has 0 saturated carbocycles. The fourth-order valence-corrected chi connectivity index (χ4v) is 8.74. The number of thioether (sulfide) groups is 2. The van der Waals surface area contributed by atoms with Crippen LogP contribution in [0.2, 0.25) is 0 Å². The minimum Gasteiger partial charge on any atom is -0.448 e. The molecule has 1 saturated heterocycles. The van der Waals surface area contributed by atoms with E-state index in [0.29, 0.717) is 16.5 Å². The van der Waals surface area contributed by atoms with Gasteiger partial charge >= 0.3 is 12.1 Å². The highest BCUT2D eigenvalue weighted by atomic mass is 35.5. The van der Waals surface area contributed by atoms with E-state index in [4.69, 9.17) is 21.1 Å². The third-order valence-electron chi connectivity index (χ3n) is 8.03. The number of alkyl carbamates (subject to hydrolysis) is 1. The van der Waals surface area contributed by atoms with E-state index in [1.807, 2.05) is 60.7 Å². The summed E-state index contributed by atoms with van der Waals surface area (Å²) in [5.41, 5.74) is 1.37. The Morgan fingerprint density at radius 3 is 2.33 bits per heavy atom. The number of carbonyl (C=O) groups is 5. The van der Waals surface area contributed by atoms with E-state index < -0.39 is 58.9 Å². The molecule has 3 atom stereocenters. The fraction of sp³-hybridized carbons (Fsp3) is 0.343. The van der Waals surface area contributed by atoms with Crippen LogP contribution in [0, 0.1) is 0 Å². The lowest BCUT2D eigenvalue weighted by atomic mass is 10.0. The second-order valence-corrected chi connectivity index (χ2v) is 16.3. The average molecular weight is 826 g/mol. The molecule has 0 radical (unpaired) electrons. The number of β-lactam (4-membered cyclic amide) rings is 1. The molecule has 1 unspecified atom stereocenters. The molecule has 4 amide bonds. The van der Waals surface area contributed by atoms with Gasteiger partial charge in [-0.05, 0) is 47.9 Å². The molecule has 4 aromatic rings. The summed E-state index contributed by atoms with van der Waals surface area (Å²) >= 11 is 9.29. The number of alkyl halides is 1. The summed E-state index contributed by atoms with van der Waals surface area (Å²) < 4.78 is 13.1. The van der Waals surface area contributed by atoms with Crippen LogP contribution in [0.3, 0.4) is 0 Å². The third-order valence-corrected chi connectivity index (χ3v) is 11.5. The number of hydrogen-bond acceptors (Lipinski definition) is 14. The fourth-order valence-electron chi connectivity index (χ4n) is 5.59. The molecule has 3 N–H and O–H groups in total. The molecular weight excluding hydrogens is 790 g/mol. The third kappa shape index (κ3) is 9.46. The van der Waals surface area contributed by atoms with E-state index in [1.54, 1.807) is 27.8 Å². The van der Waals surface area contributed by atoms with Crippen molar-refractivity contribution in [2.24, 2.45) is 7.05 Å². The quantitative estimate of drug-likeness (QED) is 0.0752. The van der Waals surface area contributed by atoms with Crippen molar-refractivity contribution in [2.75, 3.05) is 22.7 Å². The van der Waals surface area contributed by atoms with Crippen LogP contribution >= 0.6 is 46.5 Å². The molecule has 0 spiro atoms. The second-order valence-electron chi connectivity index (χ2n) is 13.2. The number of hydrogen-bond donors (Lipinski definition) is 3. The number of nitrogens with zero attached hydrogens (tertiary/aromatic N) is 6. The highest BCUT2D eigenvalue weighted by molar-refractivity contribution is 8.01. The van der Waals surface area contributed by atoms with Crippen LogP contribution in [-0.4, -0.2) is 94.3 Å². The maximum absolute atomic E-state index is 14.4. The van der Waals surface area contributed by atoms with Gasteiger partial charge in [-0.2, -0.15) is 0 Å². The first-order valence-corrected chi connectivity index (χ1v) is 20.2. The number of ether oxygens (including phenoxy) is 2. The molecule has 2 aromatic heterocycles. The average Bonchev–Trinajstić information content (AvgIpc) is 3.81. The Morgan fingerprint density at radius 1 is 1.05 bits per heavy atom. The molecule has 1 fully saturated rings. The number of nitrogens with one attached hydrogen (secondary N) is 3. The summed E-state index contributed by atoms with van der Waals surface area (Å²) in [5.74, 6) is -2.26. The number of tetrazole rings is 1. The van der Waals surface area contributed by atoms with Crippen LogP contribution in [-0.2, 0) is 35.7 Å². The molecule has 55 heavy (non-hydrogen) atoms. The van der Waals surface area contributed by atoms with Crippen LogP contribution in [0.5, 0.6) is 0 Å². The van der Waals surface area contributed by atoms with Gasteiger partial charge in [-0.1, -0.05) is 72.4 Å². The molecule has 0 aliphatic carbocycles. The van der Waals surface area contributed by atoms with Crippen LogP contribution in [0.15, 0.2) is 82.5 Å². The maximum Gasteiger partial charge on any atom is 0.408 e. The van der Waals surface area contributed by atoms with Crippen molar-refractivity contribution in [1.29, 1.82) is 0 Å². The first kappa shape index (κ1) is 39.7. The number of amides is 4. The highest BCUT2D eigenvalue weighted by Gasteiger charge is 2.55. The van der Waals surface area contributed by atoms with Gasteiger partial charge in [0.1, 0.15) is 28.6 Å². The van der Waals surface area contributed by atoms with Crippen molar-refractivity contribution in [3.63, 3.8) is 0 Å². The number of benzene rings is 2. The van der Waals surface area contributed by atoms with Crippen LogP contribution in [0.25, 0.3) is 0 Å². The van der Waals surface area contributed by atoms with E-state index in [1.165, 1.54) is 38.5 Å². The van der Waals surface area contributed by atoms with E-state index >= 15 is 0 Å². The molecule has 2 aromatic carbocycles. The normalized spacial score (nSPS) is 17.2. The van der Waals surface area contributed by atoms with E-state index in [-0.39, 0.29) is 28.2 Å². The van der Waals surface area contributed by atoms with Gasteiger partial charge < -0.3 is 25.4 Å². The first-order chi connectivity index (χ1) is 26.3. The predicted molar refractivity (Wildman–Crippen MR) is 206 cm³/mol. The Bertz CT molecular complexity index is 2050. The molecule has 2 aliphatic heterocycles. The zero-order chi connectivity index (χ0) is 39.3. The zero-order valence-corrected chi connectivity index (χ0v) is 33.1. The molecule has 20 heteroatoms. The molecular formula is C35H36ClN9O7S3.